The van der Waals surface area contributed by atoms with E-state index in [1.165, 1.54) is 11.3 Å². The van der Waals surface area contributed by atoms with Gasteiger partial charge in [0.1, 0.15) is 15.8 Å². The molecule has 0 radical (unpaired) electrons. The monoisotopic (exact) mass is 347 g/mol. The van der Waals surface area contributed by atoms with Crippen molar-refractivity contribution in [2.24, 2.45) is 5.41 Å². The van der Waals surface area contributed by atoms with Crippen molar-refractivity contribution in [1.82, 2.24) is 4.98 Å². The van der Waals surface area contributed by atoms with Gasteiger partial charge in [-0.1, -0.05) is 44.2 Å². The molecule has 25 heavy (non-hydrogen) atoms. The zero-order valence-corrected chi connectivity index (χ0v) is 14.9. The fourth-order valence-corrected chi connectivity index (χ4v) is 4.56. The van der Waals surface area contributed by atoms with Gasteiger partial charge in [-0.05, 0) is 17.4 Å². The van der Waals surface area contributed by atoms with Gasteiger partial charge in [0.15, 0.2) is 5.78 Å². The van der Waals surface area contributed by atoms with Gasteiger partial charge in [-0.25, -0.2) is 4.98 Å². The van der Waals surface area contributed by atoms with E-state index in [9.17, 15) is 10.1 Å². The molecule has 0 saturated heterocycles. The molecule has 5 heteroatoms. The molecule has 0 bridgehead atoms. The highest BCUT2D eigenvalue weighted by Crippen LogP contribution is 2.45. The highest BCUT2D eigenvalue weighted by Gasteiger charge is 2.35. The number of thiophene rings is 1. The van der Waals surface area contributed by atoms with E-state index in [0.717, 1.165) is 33.5 Å². The molecule has 2 heterocycles. The van der Waals surface area contributed by atoms with E-state index < -0.39 is 0 Å². The summed E-state index contributed by atoms with van der Waals surface area (Å²) in [6.45, 7) is 4.18. The standard InChI is InChI=1S/C20H17N3OS/c1-20(2)8-12-16(13(24)9-20)15(11-6-4-3-5-7-11)17-18(22)14(10-21)25-19(17)23-12/h3-7H,8-9,22H2,1-2H3. The summed E-state index contributed by atoms with van der Waals surface area (Å²) in [5.41, 5.74) is 9.83. The number of nitriles is 1. The normalized spacial score (nSPS) is 15.8. The summed E-state index contributed by atoms with van der Waals surface area (Å²) in [5, 5.41) is 10.1. The van der Waals surface area contributed by atoms with Crippen LogP contribution in [-0.2, 0) is 6.42 Å². The molecule has 2 aromatic heterocycles. The van der Waals surface area contributed by atoms with Gasteiger partial charge < -0.3 is 5.73 Å². The van der Waals surface area contributed by atoms with Crippen LogP contribution in [0.1, 0.15) is 41.2 Å². The predicted molar refractivity (Wildman–Crippen MR) is 101 cm³/mol. The van der Waals surface area contributed by atoms with Gasteiger partial charge in [0.05, 0.1) is 11.4 Å². The van der Waals surface area contributed by atoms with E-state index in [1.54, 1.807) is 0 Å². The van der Waals surface area contributed by atoms with E-state index in [4.69, 9.17) is 10.7 Å². The third-order valence-corrected chi connectivity index (χ3v) is 5.68. The molecule has 0 atom stereocenters. The lowest BCUT2D eigenvalue weighted by Gasteiger charge is -2.30. The molecule has 124 valence electrons. The molecule has 4 nitrogen and oxygen atoms in total. The van der Waals surface area contributed by atoms with Crippen molar-refractivity contribution in [2.45, 2.75) is 26.7 Å². The summed E-state index contributed by atoms with van der Waals surface area (Å²) in [6.07, 6.45) is 1.23. The number of ketones is 1. The Labute approximate surface area is 149 Å². The number of anilines is 1. The summed E-state index contributed by atoms with van der Waals surface area (Å²) in [7, 11) is 0. The molecular formula is C20H17N3OS. The van der Waals surface area contributed by atoms with Crippen molar-refractivity contribution in [3.05, 3.63) is 46.5 Å². The Balaban J connectivity index is 2.16. The number of hydrogen-bond acceptors (Lipinski definition) is 5. The van der Waals surface area contributed by atoms with E-state index in [-0.39, 0.29) is 11.2 Å². The van der Waals surface area contributed by atoms with Crippen molar-refractivity contribution >= 4 is 33.0 Å². The molecule has 0 aliphatic heterocycles. The van der Waals surface area contributed by atoms with Gasteiger partial charge >= 0.3 is 0 Å². The molecule has 0 unspecified atom stereocenters. The number of hydrogen-bond donors (Lipinski definition) is 1. The second-order valence-corrected chi connectivity index (χ2v) is 8.25. The largest absolute Gasteiger partial charge is 0.396 e. The van der Waals surface area contributed by atoms with Gasteiger partial charge in [-0.15, -0.1) is 11.3 Å². The maximum Gasteiger partial charge on any atom is 0.165 e. The number of carbonyl (C=O) groups excluding carboxylic acids is 1. The summed E-state index contributed by atoms with van der Waals surface area (Å²) < 4.78 is 0. The van der Waals surface area contributed by atoms with E-state index in [1.807, 2.05) is 30.3 Å². The van der Waals surface area contributed by atoms with E-state index in [2.05, 4.69) is 19.9 Å². The van der Waals surface area contributed by atoms with E-state index >= 15 is 0 Å². The minimum atomic E-state index is -0.112. The second kappa shape index (κ2) is 5.40. The number of nitrogens with zero attached hydrogens (tertiary/aromatic N) is 2. The average Bonchev–Trinajstić information content (AvgIpc) is 2.88. The van der Waals surface area contributed by atoms with Crippen LogP contribution >= 0.6 is 11.3 Å². The van der Waals surface area contributed by atoms with Crippen molar-refractivity contribution < 1.29 is 4.79 Å². The molecule has 2 N–H and O–H groups in total. The highest BCUT2D eigenvalue weighted by molar-refractivity contribution is 7.20. The van der Waals surface area contributed by atoms with Crippen LogP contribution < -0.4 is 5.73 Å². The Morgan fingerprint density at radius 2 is 1.92 bits per heavy atom. The summed E-state index contributed by atoms with van der Waals surface area (Å²) in [4.78, 5) is 18.9. The lowest BCUT2D eigenvalue weighted by atomic mass is 9.73. The van der Waals surface area contributed by atoms with Gasteiger partial charge in [-0.3, -0.25) is 4.79 Å². The number of aromatic nitrogens is 1. The Morgan fingerprint density at radius 1 is 1.20 bits per heavy atom. The number of Topliss-reactive ketones (excluding diaryl/α,β-unsaturated/α-hetero) is 1. The maximum atomic E-state index is 13.0. The van der Waals surface area contributed by atoms with Gasteiger partial charge in [0, 0.05) is 22.9 Å². The summed E-state index contributed by atoms with van der Waals surface area (Å²) >= 11 is 1.30. The molecule has 1 aliphatic rings. The van der Waals surface area contributed by atoms with Gasteiger partial charge in [0.25, 0.3) is 0 Å². The number of pyridine rings is 1. The molecule has 0 amide bonds. The first kappa shape index (κ1) is 15.8. The SMILES string of the molecule is CC1(C)CC(=O)c2c(nc3sc(C#N)c(N)c3c2-c2ccccc2)C1. The van der Waals surface area contributed by atoms with Crippen molar-refractivity contribution in [3.63, 3.8) is 0 Å². The van der Waals surface area contributed by atoms with Crippen LogP contribution in [0.3, 0.4) is 0 Å². The number of rotatable bonds is 1. The van der Waals surface area contributed by atoms with Crippen LogP contribution in [0.5, 0.6) is 0 Å². The molecule has 0 spiro atoms. The van der Waals surface area contributed by atoms with E-state index in [0.29, 0.717) is 22.5 Å². The first-order chi connectivity index (χ1) is 11.9. The number of nitrogen functional groups attached to an aromatic ring is 1. The van der Waals surface area contributed by atoms with Crippen LogP contribution in [-0.4, -0.2) is 10.8 Å². The number of carbonyl (C=O) groups is 1. The van der Waals surface area contributed by atoms with Crippen LogP contribution in [0, 0.1) is 16.7 Å². The predicted octanol–water partition coefficient (Wildman–Crippen LogP) is 4.57. The minimum Gasteiger partial charge on any atom is -0.396 e. The number of nitrogens with two attached hydrogens (primary N) is 1. The zero-order chi connectivity index (χ0) is 17.8. The number of benzene rings is 1. The number of fused-ring (bicyclic) bond motifs is 2. The molecule has 0 saturated carbocycles. The van der Waals surface area contributed by atoms with Crippen LogP contribution in [0.4, 0.5) is 5.69 Å². The van der Waals surface area contributed by atoms with Crippen molar-refractivity contribution in [2.75, 3.05) is 5.73 Å². The van der Waals surface area contributed by atoms with Gasteiger partial charge in [0.2, 0.25) is 0 Å². The lowest BCUT2D eigenvalue weighted by molar-refractivity contribution is 0.0911. The third-order valence-electron chi connectivity index (χ3n) is 4.68. The quantitative estimate of drug-likeness (QED) is 0.699. The second-order valence-electron chi connectivity index (χ2n) is 7.25. The van der Waals surface area contributed by atoms with Crippen LogP contribution in [0.25, 0.3) is 21.3 Å². The maximum absolute atomic E-state index is 13.0. The first-order valence-electron chi connectivity index (χ1n) is 8.15. The van der Waals surface area contributed by atoms with Crippen molar-refractivity contribution in [3.8, 4) is 17.2 Å². The molecule has 3 aromatic rings. The lowest BCUT2D eigenvalue weighted by Crippen LogP contribution is -2.28. The fourth-order valence-electron chi connectivity index (χ4n) is 3.64. The summed E-state index contributed by atoms with van der Waals surface area (Å²) in [5.74, 6) is 0.101. The third kappa shape index (κ3) is 2.41. The topological polar surface area (TPSA) is 79.8 Å². The average molecular weight is 347 g/mol. The molecule has 4 rings (SSSR count). The van der Waals surface area contributed by atoms with Gasteiger partial charge in [-0.2, -0.15) is 5.26 Å². The Morgan fingerprint density at radius 3 is 2.60 bits per heavy atom. The first-order valence-corrected chi connectivity index (χ1v) is 8.96. The zero-order valence-electron chi connectivity index (χ0n) is 14.1. The fraction of sp³-hybridized carbons (Fsp3) is 0.250. The summed E-state index contributed by atoms with van der Waals surface area (Å²) in [6, 6.07) is 11.9. The smallest absolute Gasteiger partial charge is 0.165 e. The molecular weight excluding hydrogens is 330 g/mol. The molecule has 1 aromatic carbocycles. The van der Waals surface area contributed by atoms with Crippen molar-refractivity contribution in [1.29, 1.82) is 5.26 Å². The molecule has 1 aliphatic carbocycles. The molecule has 0 fully saturated rings. The van der Waals surface area contributed by atoms with Crippen LogP contribution in [0.15, 0.2) is 30.3 Å². The van der Waals surface area contributed by atoms with Crippen LogP contribution in [0.2, 0.25) is 0 Å². The Kier molecular flexibility index (Phi) is 3.41. The minimum absolute atomic E-state index is 0.101. The highest BCUT2D eigenvalue weighted by atomic mass is 32.1. The Hall–Kier alpha value is -2.71. The Bertz CT molecular complexity index is 1060.